The normalized spacial score (nSPS) is 13.1. The Morgan fingerprint density at radius 1 is 1.11 bits per heavy atom. The van der Waals surface area contributed by atoms with Crippen LogP contribution in [-0.2, 0) is 10.0 Å². The van der Waals surface area contributed by atoms with Crippen molar-refractivity contribution in [2.45, 2.75) is 40.2 Å². The van der Waals surface area contributed by atoms with Crippen molar-refractivity contribution in [2.75, 3.05) is 39.1 Å². The second kappa shape index (κ2) is 12.5. The second-order valence-electron chi connectivity index (χ2n) is 6.09. The summed E-state index contributed by atoms with van der Waals surface area (Å²) in [6, 6.07) is 5.88. The molecule has 0 heterocycles. The third kappa shape index (κ3) is 8.35. The molecule has 1 atom stereocenters. The lowest BCUT2D eigenvalue weighted by Crippen LogP contribution is -2.40. The molecule has 1 unspecified atom stereocenters. The quantitative estimate of drug-likeness (QED) is 0.275. The Hall–Kier alpha value is -2.00. The Balaban J connectivity index is 2.59. The highest BCUT2D eigenvalue weighted by atomic mass is 32.2. The van der Waals surface area contributed by atoms with Crippen molar-refractivity contribution in [1.29, 1.82) is 0 Å². The largest absolute Gasteiger partial charge is 0.490 e. The highest BCUT2D eigenvalue weighted by Crippen LogP contribution is 2.30. The lowest BCUT2D eigenvalue weighted by atomic mass is 10.1. The van der Waals surface area contributed by atoms with Crippen molar-refractivity contribution >= 4 is 16.0 Å². The molecule has 0 aliphatic heterocycles. The molecule has 0 aromatic heterocycles. The van der Waals surface area contributed by atoms with Crippen LogP contribution >= 0.6 is 0 Å². The van der Waals surface area contributed by atoms with E-state index in [1.165, 1.54) is 0 Å². The molecule has 1 rings (SSSR count). The molecule has 0 amide bonds. The Kier molecular flexibility index (Phi) is 10.7. The van der Waals surface area contributed by atoms with Crippen LogP contribution in [0, 0.1) is 0 Å². The van der Waals surface area contributed by atoms with Crippen LogP contribution in [0.1, 0.15) is 45.7 Å². The van der Waals surface area contributed by atoms with Gasteiger partial charge in [-0.2, -0.15) is 0 Å². The molecule has 0 saturated heterocycles. The van der Waals surface area contributed by atoms with Gasteiger partial charge in [0.05, 0.1) is 25.0 Å². The molecule has 3 N–H and O–H groups in total. The van der Waals surface area contributed by atoms with E-state index in [9.17, 15) is 8.42 Å². The topological polar surface area (TPSA) is 101 Å². The number of rotatable bonds is 12. The van der Waals surface area contributed by atoms with E-state index in [0.29, 0.717) is 38.7 Å². The van der Waals surface area contributed by atoms with E-state index < -0.39 is 10.0 Å². The fourth-order valence-electron chi connectivity index (χ4n) is 2.45. The third-order valence-corrected chi connectivity index (χ3v) is 5.40. The average Bonchev–Trinajstić information content (AvgIpc) is 2.68. The fraction of sp³-hybridized carbons (Fsp3) is 0.632. The predicted molar refractivity (Wildman–Crippen MR) is 114 cm³/mol. The van der Waals surface area contributed by atoms with E-state index in [0.717, 1.165) is 17.1 Å². The maximum atomic E-state index is 11.4. The number of aliphatic imine (C=N–C) groups is 1. The number of hydrogen-bond donors (Lipinski definition) is 3. The summed E-state index contributed by atoms with van der Waals surface area (Å²) in [5.41, 5.74) is 1.05. The summed E-state index contributed by atoms with van der Waals surface area (Å²) in [6.45, 7) is 9.68. The molecule has 8 nitrogen and oxygen atoms in total. The summed E-state index contributed by atoms with van der Waals surface area (Å²) in [6.07, 6.45) is 0.659. The molecule has 0 spiro atoms. The zero-order valence-electron chi connectivity index (χ0n) is 17.5. The van der Waals surface area contributed by atoms with Gasteiger partial charge in [-0.25, -0.2) is 13.1 Å². The zero-order valence-corrected chi connectivity index (χ0v) is 18.4. The summed E-state index contributed by atoms with van der Waals surface area (Å²) in [5.74, 6) is 2.20. The van der Waals surface area contributed by atoms with Gasteiger partial charge in [0.1, 0.15) is 0 Å². The van der Waals surface area contributed by atoms with Crippen LogP contribution in [0.25, 0.3) is 0 Å². The van der Waals surface area contributed by atoms with Crippen molar-refractivity contribution in [1.82, 2.24) is 15.4 Å². The minimum absolute atomic E-state index is 0.000299. The van der Waals surface area contributed by atoms with E-state index in [2.05, 4.69) is 20.3 Å². The van der Waals surface area contributed by atoms with Crippen LogP contribution in [0.4, 0.5) is 0 Å². The van der Waals surface area contributed by atoms with E-state index >= 15 is 0 Å². The fourth-order valence-corrected chi connectivity index (χ4v) is 3.10. The first-order chi connectivity index (χ1) is 13.4. The SMILES string of the molecule is CCOc1ccc(C(C)NC(=NC)NCCCNS(=O)(=O)CC)cc1OCC. The third-order valence-electron chi connectivity index (χ3n) is 3.99. The van der Waals surface area contributed by atoms with Crippen LogP contribution in [-0.4, -0.2) is 53.5 Å². The van der Waals surface area contributed by atoms with Gasteiger partial charge in [-0.1, -0.05) is 6.07 Å². The van der Waals surface area contributed by atoms with Gasteiger partial charge in [-0.05, 0) is 51.8 Å². The molecule has 0 aliphatic carbocycles. The number of sulfonamides is 1. The predicted octanol–water partition coefficient (Wildman–Crippen LogP) is 2.04. The first kappa shape index (κ1) is 24.0. The molecule has 28 heavy (non-hydrogen) atoms. The molecule has 0 aliphatic rings. The second-order valence-corrected chi connectivity index (χ2v) is 8.18. The van der Waals surface area contributed by atoms with Crippen molar-refractivity contribution in [3.8, 4) is 11.5 Å². The number of nitrogens with one attached hydrogen (secondary N) is 3. The van der Waals surface area contributed by atoms with Gasteiger partial charge >= 0.3 is 0 Å². The molecule has 1 aromatic rings. The monoisotopic (exact) mass is 414 g/mol. The molecule has 160 valence electrons. The van der Waals surface area contributed by atoms with Gasteiger partial charge in [0, 0.05) is 20.1 Å². The van der Waals surface area contributed by atoms with Crippen molar-refractivity contribution in [2.24, 2.45) is 4.99 Å². The molecule has 9 heteroatoms. The number of hydrogen-bond acceptors (Lipinski definition) is 5. The first-order valence-electron chi connectivity index (χ1n) is 9.70. The van der Waals surface area contributed by atoms with E-state index in [1.807, 2.05) is 39.0 Å². The smallest absolute Gasteiger partial charge is 0.211 e. The van der Waals surface area contributed by atoms with Gasteiger partial charge in [-0.3, -0.25) is 4.99 Å². The molecular weight excluding hydrogens is 380 g/mol. The molecule has 0 radical (unpaired) electrons. The molecular formula is C19H34N4O4S. The first-order valence-corrected chi connectivity index (χ1v) is 11.4. The Labute approximate surface area is 169 Å². The Bertz CT molecular complexity index is 723. The van der Waals surface area contributed by atoms with Crippen molar-refractivity contribution in [3.63, 3.8) is 0 Å². The van der Waals surface area contributed by atoms with Crippen LogP contribution in [0.3, 0.4) is 0 Å². The maximum Gasteiger partial charge on any atom is 0.211 e. The van der Waals surface area contributed by atoms with Gasteiger partial charge in [-0.15, -0.1) is 0 Å². The lowest BCUT2D eigenvalue weighted by Gasteiger charge is -2.20. The Morgan fingerprint density at radius 3 is 2.39 bits per heavy atom. The van der Waals surface area contributed by atoms with Gasteiger partial charge < -0.3 is 20.1 Å². The minimum Gasteiger partial charge on any atom is -0.490 e. The van der Waals surface area contributed by atoms with Crippen LogP contribution in [0.5, 0.6) is 11.5 Å². The summed E-state index contributed by atoms with van der Waals surface area (Å²) >= 11 is 0. The summed E-state index contributed by atoms with van der Waals surface area (Å²) in [4.78, 5) is 4.22. The molecule has 0 bridgehead atoms. The highest BCUT2D eigenvalue weighted by molar-refractivity contribution is 7.89. The standard InChI is InChI=1S/C19H34N4O4S/c1-6-26-17-11-10-16(14-18(17)27-7-2)15(4)23-19(20-5)21-12-9-13-22-28(24,25)8-3/h10-11,14-15,22H,6-9,12-13H2,1-5H3,(H2,20,21,23). The highest BCUT2D eigenvalue weighted by Gasteiger charge is 2.12. The average molecular weight is 415 g/mol. The van der Waals surface area contributed by atoms with E-state index in [-0.39, 0.29) is 11.8 Å². The van der Waals surface area contributed by atoms with Gasteiger partial charge in [0.15, 0.2) is 17.5 Å². The summed E-state index contributed by atoms with van der Waals surface area (Å²) in [7, 11) is -1.44. The Morgan fingerprint density at radius 2 is 1.79 bits per heavy atom. The van der Waals surface area contributed by atoms with Crippen LogP contribution in [0.2, 0.25) is 0 Å². The molecule has 1 aromatic carbocycles. The number of benzene rings is 1. The number of nitrogens with zero attached hydrogens (tertiary/aromatic N) is 1. The van der Waals surface area contributed by atoms with Gasteiger partial charge in [0.2, 0.25) is 10.0 Å². The van der Waals surface area contributed by atoms with Crippen molar-refractivity contribution < 1.29 is 17.9 Å². The van der Waals surface area contributed by atoms with Crippen LogP contribution in [0.15, 0.2) is 23.2 Å². The van der Waals surface area contributed by atoms with Crippen LogP contribution < -0.4 is 24.8 Å². The zero-order chi connectivity index (χ0) is 21.0. The van der Waals surface area contributed by atoms with E-state index in [1.54, 1.807) is 14.0 Å². The maximum absolute atomic E-state index is 11.4. The summed E-state index contributed by atoms with van der Waals surface area (Å²) < 4.78 is 36.7. The number of guanidine groups is 1. The molecule has 0 saturated carbocycles. The van der Waals surface area contributed by atoms with Gasteiger partial charge in [0.25, 0.3) is 0 Å². The minimum atomic E-state index is -3.14. The summed E-state index contributed by atoms with van der Waals surface area (Å²) in [5, 5.41) is 6.52. The van der Waals surface area contributed by atoms with Crippen molar-refractivity contribution in [3.05, 3.63) is 23.8 Å². The lowest BCUT2D eigenvalue weighted by molar-refractivity contribution is 0.287. The number of ether oxygens (including phenoxy) is 2. The van der Waals surface area contributed by atoms with E-state index in [4.69, 9.17) is 9.47 Å². The molecule has 0 fully saturated rings.